The van der Waals surface area contributed by atoms with E-state index >= 15 is 0 Å². The van der Waals surface area contributed by atoms with E-state index in [2.05, 4.69) is 15.6 Å². The first-order chi connectivity index (χ1) is 12.1. The highest BCUT2D eigenvalue weighted by molar-refractivity contribution is 5.94. The van der Waals surface area contributed by atoms with E-state index in [-0.39, 0.29) is 5.91 Å². The monoisotopic (exact) mass is 342 g/mol. The molecule has 0 aliphatic rings. The minimum atomic E-state index is -0.0811. The number of methoxy groups -OCH3 is 1. The summed E-state index contributed by atoms with van der Waals surface area (Å²) in [6.45, 7) is 2.17. The minimum absolute atomic E-state index is 0.0811. The number of pyridine rings is 1. The Morgan fingerprint density at radius 2 is 1.92 bits per heavy atom. The van der Waals surface area contributed by atoms with Crippen LogP contribution in [0.25, 0.3) is 0 Å². The topological polar surface area (TPSA) is 66.5 Å². The van der Waals surface area contributed by atoms with Crippen molar-refractivity contribution in [2.75, 3.05) is 46.2 Å². The summed E-state index contributed by atoms with van der Waals surface area (Å²) in [5, 5.41) is 6.16. The van der Waals surface area contributed by atoms with Crippen molar-refractivity contribution in [2.45, 2.75) is 6.42 Å². The Hall–Kier alpha value is -2.60. The summed E-state index contributed by atoms with van der Waals surface area (Å²) in [4.78, 5) is 18.4. The molecule has 0 fully saturated rings. The number of amides is 1. The zero-order valence-corrected chi connectivity index (χ0v) is 15.1. The molecular weight excluding hydrogens is 316 g/mol. The number of nitrogens with zero attached hydrogens (tertiary/aromatic N) is 2. The van der Waals surface area contributed by atoms with Crippen molar-refractivity contribution in [3.63, 3.8) is 0 Å². The number of likely N-dealkylation sites (N-methyl/N-ethyl adjacent to an activating group) is 1. The second-order valence-electron chi connectivity index (χ2n) is 6.01. The van der Waals surface area contributed by atoms with Crippen molar-refractivity contribution in [3.05, 3.63) is 53.7 Å². The molecule has 2 aromatic rings. The standard InChI is InChI=1S/C19H26N4O2/c1-23(2)13-12-22-19(24)16-9-11-21-18(14-16)20-10-8-15-4-6-17(25-3)7-5-15/h4-7,9,11,14H,8,10,12-13H2,1-3H3,(H,20,21)(H,22,24). The summed E-state index contributed by atoms with van der Waals surface area (Å²) in [6, 6.07) is 11.5. The van der Waals surface area contributed by atoms with E-state index in [1.165, 1.54) is 5.56 Å². The first-order valence-corrected chi connectivity index (χ1v) is 8.34. The maximum atomic E-state index is 12.1. The maximum Gasteiger partial charge on any atom is 0.251 e. The molecule has 0 saturated heterocycles. The van der Waals surface area contributed by atoms with Gasteiger partial charge in [0.05, 0.1) is 7.11 Å². The van der Waals surface area contributed by atoms with Crippen molar-refractivity contribution in [1.29, 1.82) is 0 Å². The van der Waals surface area contributed by atoms with Crippen LogP contribution in [0.5, 0.6) is 5.75 Å². The highest BCUT2D eigenvalue weighted by Gasteiger charge is 2.06. The highest BCUT2D eigenvalue weighted by Crippen LogP contribution is 2.12. The fourth-order valence-electron chi connectivity index (χ4n) is 2.29. The Morgan fingerprint density at radius 3 is 2.60 bits per heavy atom. The largest absolute Gasteiger partial charge is 0.497 e. The molecule has 6 heteroatoms. The molecule has 2 N–H and O–H groups in total. The summed E-state index contributed by atoms with van der Waals surface area (Å²) in [7, 11) is 5.61. The van der Waals surface area contributed by atoms with Crippen LogP contribution in [0.2, 0.25) is 0 Å². The van der Waals surface area contributed by atoms with Crippen LogP contribution in [0.1, 0.15) is 15.9 Å². The van der Waals surface area contributed by atoms with Gasteiger partial charge in [0.2, 0.25) is 0 Å². The lowest BCUT2D eigenvalue weighted by Gasteiger charge is -2.11. The van der Waals surface area contributed by atoms with E-state index in [0.717, 1.165) is 25.3 Å². The van der Waals surface area contributed by atoms with E-state index in [1.807, 2.05) is 43.3 Å². The third-order valence-electron chi connectivity index (χ3n) is 3.75. The molecule has 0 spiro atoms. The van der Waals surface area contributed by atoms with Crippen LogP contribution in [0.15, 0.2) is 42.6 Å². The van der Waals surface area contributed by atoms with Crippen LogP contribution in [0.4, 0.5) is 5.82 Å². The van der Waals surface area contributed by atoms with Crippen LogP contribution in [-0.4, -0.2) is 56.6 Å². The first-order valence-electron chi connectivity index (χ1n) is 8.34. The van der Waals surface area contributed by atoms with Gasteiger partial charge in [-0.05, 0) is 50.3 Å². The number of hydrogen-bond donors (Lipinski definition) is 2. The number of anilines is 1. The fraction of sp³-hybridized carbons (Fsp3) is 0.368. The number of rotatable bonds is 9. The van der Waals surface area contributed by atoms with Gasteiger partial charge in [-0.3, -0.25) is 4.79 Å². The quantitative estimate of drug-likeness (QED) is 0.730. The van der Waals surface area contributed by atoms with Gasteiger partial charge in [-0.25, -0.2) is 4.98 Å². The fourth-order valence-corrected chi connectivity index (χ4v) is 2.29. The molecule has 1 aromatic heterocycles. The number of nitrogens with one attached hydrogen (secondary N) is 2. The summed E-state index contributed by atoms with van der Waals surface area (Å²) in [5.74, 6) is 1.47. The van der Waals surface area contributed by atoms with Crippen LogP contribution >= 0.6 is 0 Å². The molecule has 6 nitrogen and oxygen atoms in total. The predicted octanol–water partition coefficient (Wildman–Crippen LogP) is 2.04. The lowest BCUT2D eigenvalue weighted by molar-refractivity contribution is 0.0951. The SMILES string of the molecule is COc1ccc(CCNc2cc(C(=O)NCCN(C)C)ccn2)cc1. The molecule has 0 radical (unpaired) electrons. The Labute approximate surface area is 149 Å². The van der Waals surface area contributed by atoms with Gasteiger partial charge >= 0.3 is 0 Å². The molecule has 25 heavy (non-hydrogen) atoms. The van der Waals surface area contributed by atoms with Crippen molar-refractivity contribution >= 4 is 11.7 Å². The van der Waals surface area contributed by atoms with Gasteiger partial charge in [0.1, 0.15) is 11.6 Å². The first kappa shape index (κ1) is 18.7. The van der Waals surface area contributed by atoms with Crippen molar-refractivity contribution in [1.82, 2.24) is 15.2 Å². The molecule has 0 aliphatic heterocycles. The predicted molar refractivity (Wildman–Crippen MR) is 100 cm³/mol. The van der Waals surface area contributed by atoms with Crippen molar-refractivity contribution in [3.8, 4) is 5.75 Å². The third-order valence-corrected chi connectivity index (χ3v) is 3.75. The smallest absolute Gasteiger partial charge is 0.251 e. The zero-order valence-electron chi connectivity index (χ0n) is 15.1. The van der Waals surface area contributed by atoms with Crippen LogP contribution in [0, 0.1) is 0 Å². The molecule has 1 heterocycles. The molecule has 1 aromatic carbocycles. The normalized spacial score (nSPS) is 10.6. The van der Waals surface area contributed by atoms with Gasteiger partial charge in [-0.15, -0.1) is 0 Å². The summed E-state index contributed by atoms with van der Waals surface area (Å²) in [5.41, 5.74) is 1.83. The second-order valence-corrected chi connectivity index (χ2v) is 6.01. The lowest BCUT2D eigenvalue weighted by Crippen LogP contribution is -2.31. The molecule has 0 saturated carbocycles. The number of hydrogen-bond acceptors (Lipinski definition) is 5. The zero-order chi connectivity index (χ0) is 18.1. The number of aromatic nitrogens is 1. The molecule has 0 atom stereocenters. The summed E-state index contributed by atoms with van der Waals surface area (Å²) in [6.07, 6.45) is 2.52. The maximum absolute atomic E-state index is 12.1. The summed E-state index contributed by atoms with van der Waals surface area (Å²) < 4.78 is 5.15. The average Bonchev–Trinajstić information content (AvgIpc) is 2.62. The molecule has 0 unspecified atom stereocenters. The van der Waals surface area contributed by atoms with Gasteiger partial charge in [-0.1, -0.05) is 12.1 Å². The molecule has 134 valence electrons. The van der Waals surface area contributed by atoms with Gasteiger partial charge in [0.25, 0.3) is 5.91 Å². The highest BCUT2D eigenvalue weighted by atomic mass is 16.5. The Morgan fingerprint density at radius 1 is 1.16 bits per heavy atom. The van der Waals surface area contributed by atoms with Crippen LogP contribution in [-0.2, 0) is 6.42 Å². The molecule has 0 bridgehead atoms. The summed E-state index contributed by atoms with van der Waals surface area (Å²) >= 11 is 0. The van der Waals surface area contributed by atoms with Gasteiger partial charge in [0.15, 0.2) is 0 Å². The van der Waals surface area contributed by atoms with E-state index in [1.54, 1.807) is 25.4 Å². The molecule has 2 rings (SSSR count). The molecule has 1 amide bonds. The minimum Gasteiger partial charge on any atom is -0.497 e. The van der Waals surface area contributed by atoms with E-state index in [4.69, 9.17) is 4.74 Å². The Bertz CT molecular complexity index is 671. The van der Waals surface area contributed by atoms with Crippen molar-refractivity contribution < 1.29 is 9.53 Å². The average molecular weight is 342 g/mol. The third kappa shape index (κ3) is 6.43. The number of benzene rings is 1. The van der Waals surface area contributed by atoms with Crippen molar-refractivity contribution in [2.24, 2.45) is 0 Å². The number of carbonyl (C=O) groups excluding carboxylic acids is 1. The van der Waals surface area contributed by atoms with Gasteiger partial charge < -0.3 is 20.3 Å². The van der Waals surface area contributed by atoms with Crippen LogP contribution < -0.4 is 15.4 Å². The Balaban J connectivity index is 1.82. The second kappa shape index (κ2) is 9.64. The number of ether oxygens (including phenoxy) is 1. The van der Waals surface area contributed by atoms with E-state index < -0.39 is 0 Å². The Kier molecular flexibility index (Phi) is 7.22. The van der Waals surface area contributed by atoms with Crippen LogP contribution in [0.3, 0.4) is 0 Å². The molecular formula is C19H26N4O2. The van der Waals surface area contributed by atoms with E-state index in [0.29, 0.717) is 17.9 Å². The molecule has 0 aliphatic carbocycles. The van der Waals surface area contributed by atoms with Gasteiger partial charge in [0, 0.05) is 31.4 Å². The van der Waals surface area contributed by atoms with E-state index in [9.17, 15) is 4.79 Å². The number of carbonyl (C=O) groups is 1. The van der Waals surface area contributed by atoms with Gasteiger partial charge in [-0.2, -0.15) is 0 Å². The lowest BCUT2D eigenvalue weighted by atomic mass is 10.1.